The highest BCUT2D eigenvalue weighted by molar-refractivity contribution is 5.76. The highest BCUT2D eigenvalue weighted by Crippen LogP contribution is 2.24. The van der Waals surface area contributed by atoms with Gasteiger partial charge < -0.3 is 14.7 Å². The summed E-state index contributed by atoms with van der Waals surface area (Å²) in [5.74, 6) is 1.42. The molecule has 3 rings (SSSR count). The maximum atomic E-state index is 12.5. The third kappa shape index (κ3) is 5.73. The van der Waals surface area contributed by atoms with Crippen molar-refractivity contribution in [3.8, 4) is 11.5 Å². The molecule has 1 N–H and O–H groups in total. The van der Waals surface area contributed by atoms with Gasteiger partial charge >= 0.3 is 0 Å². The van der Waals surface area contributed by atoms with Crippen molar-refractivity contribution >= 4 is 5.91 Å². The van der Waals surface area contributed by atoms with Gasteiger partial charge in [0.1, 0.15) is 11.5 Å². The predicted octanol–water partition coefficient (Wildman–Crippen LogP) is 4.19. The van der Waals surface area contributed by atoms with Gasteiger partial charge in [-0.25, -0.2) is 0 Å². The predicted molar refractivity (Wildman–Crippen MR) is 115 cm³/mol. The van der Waals surface area contributed by atoms with Crippen LogP contribution in [0.5, 0.6) is 11.5 Å². The van der Waals surface area contributed by atoms with Crippen LogP contribution in [-0.2, 0) is 4.79 Å². The molecule has 1 amide bonds. The van der Waals surface area contributed by atoms with Gasteiger partial charge in [-0.05, 0) is 36.1 Å². The second kappa shape index (κ2) is 9.79. The Labute approximate surface area is 173 Å². The number of aromatic hydroxyl groups is 1. The molecule has 1 fully saturated rings. The highest BCUT2D eigenvalue weighted by atomic mass is 16.5. The van der Waals surface area contributed by atoms with Crippen LogP contribution < -0.4 is 4.74 Å². The minimum Gasteiger partial charge on any atom is -0.508 e. The molecule has 0 saturated carbocycles. The Morgan fingerprint density at radius 3 is 2.28 bits per heavy atom. The number of phenols is 1. The van der Waals surface area contributed by atoms with Crippen LogP contribution in [0, 0.1) is 0 Å². The number of carbonyl (C=O) groups excluding carboxylic acids is 1. The molecule has 2 aromatic carbocycles. The Balaban J connectivity index is 1.43. The van der Waals surface area contributed by atoms with E-state index < -0.39 is 0 Å². The Bertz CT molecular complexity index is 796. The first-order valence-corrected chi connectivity index (χ1v) is 10.5. The molecular formula is C24H32N2O3. The lowest BCUT2D eigenvalue weighted by Gasteiger charge is -2.38. The first-order valence-electron chi connectivity index (χ1n) is 10.5. The van der Waals surface area contributed by atoms with Gasteiger partial charge in [0.2, 0.25) is 5.91 Å². The summed E-state index contributed by atoms with van der Waals surface area (Å²) in [5.41, 5.74) is 2.69. The van der Waals surface area contributed by atoms with E-state index in [1.807, 2.05) is 4.90 Å². The average Bonchev–Trinajstić information content (AvgIpc) is 2.73. The lowest BCUT2D eigenvalue weighted by atomic mass is 9.99. The zero-order valence-corrected chi connectivity index (χ0v) is 17.7. The number of amides is 1. The van der Waals surface area contributed by atoms with E-state index in [9.17, 15) is 9.90 Å². The normalized spacial score (nSPS) is 16.1. The largest absolute Gasteiger partial charge is 0.508 e. The molecule has 1 aliphatic heterocycles. The summed E-state index contributed by atoms with van der Waals surface area (Å²) in [6, 6.07) is 15.9. The van der Waals surface area contributed by atoms with Crippen LogP contribution in [0.3, 0.4) is 0 Å². The number of hydrogen-bond donors (Lipinski definition) is 1. The van der Waals surface area contributed by atoms with E-state index >= 15 is 0 Å². The molecule has 1 saturated heterocycles. The topological polar surface area (TPSA) is 53.0 Å². The number of rotatable bonds is 7. The number of carbonyl (C=O) groups is 1. The van der Waals surface area contributed by atoms with E-state index in [1.54, 1.807) is 24.3 Å². The summed E-state index contributed by atoms with van der Waals surface area (Å²) < 4.78 is 5.57. The molecule has 0 aliphatic carbocycles. The van der Waals surface area contributed by atoms with Gasteiger partial charge in [-0.3, -0.25) is 9.69 Å². The van der Waals surface area contributed by atoms with Crippen LogP contribution in [0.2, 0.25) is 0 Å². The van der Waals surface area contributed by atoms with E-state index in [2.05, 4.69) is 49.9 Å². The van der Waals surface area contributed by atoms with Crippen molar-refractivity contribution in [3.63, 3.8) is 0 Å². The van der Waals surface area contributed by atoms with Crippen molar-refractivity contribution in [1.82, 2.24) is 9.80 Å². The molecule has 156 valence electrons. The van der Waals surface area contributed by atoms with E-state index in [0.717, 1.165) is 26.2 Å². The zero-order chi connectivity index (χ0) is 20.8. The molecule has 0 radical (unpaired) electrons. The van der Waals surface area contributed by atoms with Crippen molar-refractivity contribution in [2.45, 2.75) is 39.2 Å². The number of piperazine rings is 1. The molecular weight excluding hydrogens is 364 g/mol. The van der Waals surface area contributed by atoms with E-state index in [1.165, 1.54) is 11.1 Å². The van der Waals surface area contributed by atoms with Crippen molar-refractivity contribution in [3.05, 3.63) is 59.7 Å². The fourth-order valence-corrected chi connectivity index (χ4v) is 3.72. The Hall–Kier alpha value is -2.53. The molecule has 5 heteroatoms. The second-order valence-corrected chi connectivity index (χ2v) is 8.01. The maximum Gasteiger partial charge on any atom is 0.226 e. The Morgan fingerprint density at radius 2 is 1.66 bits per heavy atom. The van der Waals surface area contributed by atoms with Crippen molar-refractivity contribution in [2.75, 3.05) is 32.8 Å². The lowest BCUT2D eigenvalue weighted by Crippen LogP contribution is -2.49. The molecule has 29 heavy (non-hydrogen) atoms. The molecule has 1 aliphatic rings. The summed E-state index contributed by atoms with van der Waals surface area (Å²) in [6.45, 7) is 10.2. The standard InChI is InChI=1S/C24H32N2O3/c1-18(2)20-7-9-21(10-8-20)19(3)25-12-14-26(15-13-25)24(28)11-16-29-23-6-4-5-22(27)17-23/h4-10,17-19,27H,11-16H2,1-3H3. The van der Waals surface area contributed by atoms with Gasteiger partial charge in [-0.1, -0.05) is 44.2 Å². The van der Waals surface area contributed by atoms with Crippen LogP contribution in [0.1, 0.15) is 50.3 Å². The van der Waals surface area contributed by atoms with E-state index in [-0.39, 0.29) is 11.7 Å². The van der Waals surface area contributed by atoms with Crippen LogP contribution in [0.15, 0.2) is 48.5 Å². The monoisotopic (exact) mass is 396 g/mol. The molecule has 5 nitrogen and oxygen atoms in total. The Morgan fingerprint density at radius 1 is 1.00 bits per heavy atom. The SMILES string of the molecule is CC(C)c1ccc(C(C)N2CCN(C(=O)CCOc3cccc(O)c3)CC2)cc1. The summed E-state index contributed by atoms with van der Waals surface area (Å²) in [4.78, 5) is 16.9. The number of phenolic OH excluding ortho intramolecular Hbond substituents is 1. The summed E-state index contributed by atoms with van der Waals surface area (Å²) in [6.07, 6.45) is 0.349. The van der Waals surface area contributed by atoms with Gasteiger partial charge in [-0.15, -0.1) is 0 Å². The molecule has 1 heterocycles. The van der Waals surface area contributed by atoms with Crippen LogP contribution >= 0.6 is 0 Å². The summed E-state index contributed by atoms with van der Waals surface area (Å²) in [5, 5.41) is 9.46. The van der Waals surface area contributed by atoms with Crippen molar-refractivity contribution in [1.29, 1.82) is 0 Å². The van der Waals surface area contributed by atoms with E-state index in [0.29, 0.717) is 30.7 Å². The lowest BCUT2D eigenvalue weighted by molar-refractivity contribution is -0.133. The zero-order valence-electron chi connectivity index (χ0n) is 17.7. The van der Waals surface area contributed by atoms with Crippen LogP contribution in [-0.4, -0.2) is 53.6 Å². The third-order valence-corrected chi connectivity index (χ3v) is 5.70. The van der Waals surface area contributed by atoms with Crippen LogP contribution in [0.25, 0.3) is 0 Å². The van der Waals surface area contributed by atoms with Crippen LogP contribution in [0.4, 0.5) is 0 Å². The van der Waals surface area contributed by atoms with Crippen molar-refractivity contribution in [2.24, 2.45) is 0 Å². The minimum absolute atomic E-state index is 0.124. The maximum absolute atomic E-state index is 12.5. The average molecular weight is 397 g/mol. The summed E-state index contributed by atoms with van der Waals surface area (Å²) in [7, 11) is 0. The molecule has 0 aromatic heterocycles. The number of nitrogens with zero attached hydrogens (tertiary/aromatic N) is 2. The fraction of sp³-hybridized carbons (Fsp3) is 0.458. The first kappa shape index (κ1) is 21.2. The highest BCUT2D eigenvalue weighted by Gasteiger charge is 2.24. The van der Waals surface area contributed by atoms with E-state index in [4.69, 9.17) is 4.74 Å². The smallest absolute Gasteiger partial charge is 0.226 e. The Kier molecular flexibility index (Phi) is 7.15. The van der Waals surface area contributed by atoms with Gasteiger partial charge in [0, 0.05) is 38.3 Å². The van der Waals surface area contributed by atoms with Gasteiger partial charge in [0.25, 0.3) is 0 Å². The summed E-state index contributed by atoms with van der Waals surface area (Å²) >= 11 is 0. The second-order valence-electron chi connectivity index (χ2n) is 8.01. The molecule has 2 aromatic rings. The quantitative estimate of drug-likeness (QED) is 0.762. The minimum atomic E-state index is 0.124. The number of ether oxygens (including phenoxy) is 1. The van der Waals surface area contributed by atoms with Crippen molar-refractivity contribution < 1.29 is 14.6 Å². The third-order valence-electron chi connectivity index (χ3n) is 5.70. The van der Waals surface area contributed by atoms with Gasteiger partial charge in [0.15, 0.2) is 0 Å². The number of hydrogen-bond acceptors (Lipinski definition) is 4. The fourth-order valence-electron chi connectivity index (χ4n) is 3.72. The molecule has 1 unspecified atom stereocenters. The first-order chi connectivity index (χ1) is 13.9. The number of benzene rings is 2. The molecule has 0 spiro atoms. The van der Waals surface area contributed by atoms with Gasteiger partial charge in [-0.2, -0.15) is 0 Å². The molecule has 1 atom stereocenters. The molecule has 0 bridgehead atoms. The van der Waals surface area contributed by atoms with Gasteiger partial charge in [0.05, 0.1) is 13.0 Å².